The Hall–Kier alpha value is -6.70. The fourth-order valence-electron chi connectivity index (χ4n) is 12.1. The Kier molecular flexibility index (Phi) is 7.45. The fourth-order valence-corrected chi connectivity index (χ4v) is 12.1. The summed E-state index contributed by atoms with van der Waals surface area (Å²) in [5, 5.41) is 2.17. The van der Waals surface area contributed by atoms with Gasteiger partial charge < -0.3 is 0 Å². The summed E-state index contributed by atoms with van der Waals surface area (Å²) in [6, 6.07) is 56.3. The van der Waals surface area contributed by atoms with Crippen LogP contribution in [0.25, 0.3) is 83.2 Å². The van der Waals surface area contributed by atoms with Crippen molar-refractivity contribution in [2.24, 2.45) is 23.7 Å². The molecule has 4 bridgehead atoms. The van der Waals surface area contributed by atoms with Crippen molar-refractivity contribution in [2.45, 2.75) is 37.5 Å². The molecule has 58 heavy (non-hydrogen) atoms. The number of hydrogen-bond acceptors (Lipinski definition) is 3. The highest BCUT2D eigenvalue weighted by atomic mass is 15.0. The predicted molar refractivity (Wildman–Crippen MR) is 234 cm³/mol. The monoisotopic (exact) mass is 744 g/mol. The van der Waals surface area contributed by atoms with Crippen LogP contribution in [0.3, 0.4) is 0 Å². The molecular weight excluding hydrogens is 705 g/mol. The molecule has 0 N–H and O–H groups in total. The lowest BCUT2D eigenvalue weighted by Crippen LogP contribution is -2.55. The van der Waals surface area contributed by atoms with Crippen LogP contribution in [0.2, 0.25) is 0 Å². The average Bonchev–Trinajstić information content (AvgIpc) is 3.59. The third-order valence-electron chi connectivity index (χ3n) is 14.1. The molecule has 5 aliphatic rings. The molecule has 4 heteroatoms. The zero-order valence-electron chi connectivity index (χ0n) is 32.1. The third-order valence-corrected chi connectivity index (χ3v) is 14.1. The van der Waals surface area contributed by atoms with Crippen LogP contribution >= 0.6 is 0 Å². The van der Waals surface area contributed by atoms with Crippen molar-refractivity contribution in [3.8, 4) is 67.5 Å². The summed E-state index contributed by atoms with van der Waals surface area (Å²) in [7, 11) is 0. The predicted octanol–water partition coefficient (Wildman–Crippen LogP) is 13.6. The Morgan fingerprint density at radius 1 is 0.431 bits per heavy atom. The van der Waals surface area contributed by atoms with Crippen LogP contribution in [0, 0.1) is 30.2 Å². The van der Waals surface area contributed by atoms with Crippen LogP contribution in [0.1, 0.15) is 43.2 Å². The minimum atomic E-state index is -0.0288. The highest BCUT2D eigenvalue weighted by molar-refractivity contribution is 6.08. The highest BCUT2D eigenvalue weighted by Crippen LogP contribution is 2.71. The fraction of sp³-hybridized carbons (Fsp3) is 0.185. The maximum Gasteiger partial charge on any atom is 0.194 e. The van der Waals surface area contributed by atoms with E-state index >= 15 is 0 Å². The summed E-state index contributed by atoms with van der Waals surface area (Å²) in [4.78, 5) is 18.9. The smallest absolute Gasteiger partial charge is 0.194 e. The first-order valence-electron chi connectivity index (χ1n) is 20.8. The Labute approximate surface area is 339 Å². The van der Waals surface area contributed by atoms with E-state index in [9.17, 15) is 0 Å². The van der Waals surface area contributed by atoms with Crippen molar-refractivity contribution in [2.75, 3.05) is 0 Å². The minimum Gasteiger partial charge on any atom is -0.238 e. The molecule has 1 spiro atoms. The van der Waals surface area contributed by atoms with Crippen LogP contribution in [-0.2, 0) is 5.41 Å². The highest BCUT2D eigenvalue weighted by Gasteiger charge is 2.62. The lowest BCUT2D eigenvalue weighted by atomic mass is 9.42. The summed E-state index contributed by atoms with van der Waals surface area (Å²) in [5.41, 5.74) is 14.5. The van der Waals surface area contributed by atoms with Gasteiger partial charge in [-0.15, -0.1) is 0 Å². The van der Waals surface area contributed by atoms with E-state index in [0.29, 0.717) is 35.0 Å². The molecule has 4 fully saturated rings. The second-order valence-electron chi connectivity index (χ2n) is 17.0. The molecule has 0 unspecified atom stereocenters. The van der Waals surface area contributed by atoms with Gasteiger partial charge in [0.05, 0.1) is 6.57 Å². The number of benzene rings is 7. The van der Waals surface area contributed by atoms with Gasteiger partial charge in [-0.25, -0.2) is 19.8 Å². The van der Waals surface area contributed by atoms with Crippen molar-refractivity contribution in [1.29, 1.82) is 0 Å². The van der Waals surface area contributed by atoms with E-state index in [1.165, 1.54) is 71.0 Å². The normalized spacial score (nSPS) is 22.2. The van der Waals surface area contributed by atoms with Crippen LogP contribution in [-0.4, -0.2) is 15.0 Å². The summed E-state index contributed by atoms with van der Waals surface area (Å²) in [6.45, 7) is 7.91. The molecule has 4 nitrogen and oxygen atoms in total. The molecule has 1 heterocycles. The first-order chi connectivity index (χ1) is 28.7. The van der Waals surface area contributed by atoms with E-state index in [1.807, 2.05) is 42.5 Å². The standard InChI is InChI=1S/C54H40N4/c1-55-48-27-26-43(42-16-8-9-17-44(42)48)45-19-11-21-47-49(45)46-20-10-18-41(50(46)54(47)39-29-33-28-34(31-39)32-40(54)30-33)35-22-24-38(25-23-35)53-57-51(36-12-4-2-5-13-36)56-52(58-53)37-14-6-3-7-15-37/h2-27,33-34,39-40H,28-32H2. The molecule has 13 rings (SSSR count). The van der Waals surface area contributed by atoms with E-state index < -0.39 is 0 Å². The van der Waals surface area contributed by atoms with Gasteiger partial charge in [0.1, 0.15) is 0 Å². The molecule has 5 aliphatic carbocycles. The molecule has 0 amide bonds. The Morgan fingerprint density at radius 3 is 1.57 bits per heavy atom. The van der Waals surface area contributed by atoms with Crippen LogP contribution in [0.5, 0.6) is 0 Å². The summed E-state index contributed by atoms with van der Waals surface area (Å²) < 4.78 is 0. The summed E-state index contributed by atoms with van der Waals surface area (Å²) in [6.07, 6.45) is 6.69. The molecule has 276 valence electrons. The molecular formula is C54H40N4. The second kappa shape index (κ2) is 12.9. The Bertz CT molecular complexity index is 2880. The molecule has 0 saturated heterocycles. The van der Waals surface area contributed by atoms with E-state index in [0.717, 1.165) is 39.3 Å². The quantitative estimate of drug-likeness (QED) is 0.165. The molecule has 8 aromatic rings. The Balaban J connectivity index is 1.04. The van der Waals surface area contributed by atoms with Crippen molar-refractivity contribution in [3.05, 3.63) is 180 Å². The molecule has 7 aromatic carbocycles. The number of hydrogen-bond donors (Lipinski definition) is 0. The van der Waals surface area contributed by atoms with Gasteiger partial charge in [0, 0.05) is 22.1 Å². The van der Waals surface area contributed by atoms with Crippen molar-refractivity contribution in [1.82, 2.24) is 15.0 Å². The lowest BCUT2D eigenvalue weighted by Gasteiger charge is -2.61. The van der Waals surface area contributed by atoms with Gasteiger partial charge in [0.25, 0.3) is 0 Å². The second-order valence-corrected chi connectivity index (χ2v) is 17.0. The molecule has 4 saturated carbocycles. The number of aromatic nitrogens is 3. The van der Waals surface area contributed by atoms with E-state index in [1.54, 1.807) is 5.56 Å². The largest absolute Gasteiger partial charge is 0.238 e. The van der Waals surface area contributed by atoms with Gasteiger partial charge in [-0.3, -0.25) is 0 Å². The molecule has 1 aromatic heterocycles. The van der Waals surface area contributed by atoms with Crippen molar-refractivity contribution in [3.63, 3.8) is 0 Å². The number of rotatable bonds is 5. The van der Waals surface area contributed by atoms with Gasteiger partial charge in [0.15, 0.2) is 23.2 Å². The number of fused-ring (bicyclic) bond motifs is 4. The molecule has 0 aliphatic heterocycles. The van der Waals surface area contributed by atoms with Crippen LogP contribution in [0.15, 0.2) is 158 Å². The SMILES string of the molecule is [C-]#[N+]c1ccc(-c2cccc3c2-c2cccc(-c4ccc(-c5nc(-c6ccccc6)nc(-c6ccccc6)n5)cc4)c2C32C3CC4CC(C3)CC2C4)c2ccccc12. The molecule has 0 atom stereocenters. The van der Waals surface area contributed by atoms with Crippen LogP contribution < -0.4 is 0 Å². The van der Waals surface area contributed by atoms with Gasteiger partial charge in [0.2, 0.25) is 0 Å². The first-order valence-corrected chi connectivity index (χ1v) is 20.8. The maximum atomic E-state index is 7.91. The minimum absolute atomic E-state index is 0.0288. The lowest BCUT2D eigenvalue weighted by molar-refractivity contribution is -0.0397. The van der Waals surface area contributed by atoms with Gasteiger partial charge in [-0.05, 0) is 111 Å². The zero-order chi connectivity index (χ0) is 38.4. The van der Waals surface area contributed by atoms with Gasteiger partial charge >= 0.3 is 0 Å². The van der Waals surface area contributed by atoms with Crippen molar-refractivity contribution < 1.29 is 0 Å². The average molecular weight is 745 g/mol. The maximum absolute atomic E-state index is 7.91. The van der Waals surface area contributed by atoms with E-state index in [-0.39, 0.29) is 5.41 Å². The zero-order valence-corrected chi connectivity index (χ0v) is 32.1. The molecule has 0 radical (unpaired) electrons. The van der Waals surface area contributed by atoms with Crippen LogP contribution in [0.4, 0.5) is 5.69 Å². The Morgan fingerprint density at radius 2 is 0.948 bits per heavy atom. The third kappa shape index (κ3) is 4.89. The van der Waals surface area contributed by atoms with E-state index in [4.69, 9.17) is 21.5 Å². The topological polar surface area (TPSA) is 43.0 Å². The summed E-state index contributed by atoms with van der Waals surface area (Å²) in [5.74, 6) is 4.96. The van der Waals surface area contributed by atoms with E-state index in [2.05, 4.69) is 120 Å². The first kappa shape index (κ1) is 33.4. The number of nitrogens with zero attached hydrogens (tertiary/aromatic N) is 4. The van der Waals surface area contributed by atoms with Crippen molar-refractivity contribution >= 4 is 16.5 Å². The van der Waals surface area contributed by atoms with Gasteiger partial charge in [-0.1, -0.05) is 158 Å². The van der Waals surface area contributed by atoms with Gasteiger partial charge in [-0.2, -0.15) is 0 Å². The summed E-state index contributed by atoms with van der Waals surface area (Å²) >= 11 is 0.